The standard InChI is InChI=1S/C17H28N2O4/c1-12(2)13(11-20)18-16(22)17(8-4-3-5-9-17)19-15(21)14-7-6-10-23-14/h6,10,12-14,20H,3-5,7-9,11H2,1-2H3,(H,18,22)(H,19,21)/t13-,14?/m1/s1. The van der Waals surface area contributed by atoms with Crippen molar-refractivity contribution in [2.75, 3.05) is 6.61 Å². The van der Waals surface area contributed by atoms with E-state index in [2.05, 4.69) is 10.6 Å². The first-order valence-electron chi connectivity index (χ1n) is 8.53. The van der Waals surface area contributed by atoms with Crippen LogP contribution in [0.4, 0.5) is 0 Å². The molecule has 1 fully saturated rings. The molecule has 2 amide bonds. The average molecular weight is 324 g/mol. The minimum atomic E-state index is -0.885. The maximum Gasteiger partial charge on any atom is 0.262 e. The molecule has 0 saturated heterocycles. The Morgan fingerprint density at radius 1 is 1.30 bits per heavy atom. The molecule has 6 heteroatoms. The van der Waals surface area contributed by atoms with E-state index in [1.165, 1.54) is 6.26 Å². The fourth-order valence-corrected chi connectivity index (χ4v) is 3.16. The Bertz CT molecular complexity index is 448. The molecule has 0 spiro atoms. The summed E-state index contributed by atoms with van der Waals surface area (Å²) in [5, 5.41) is 15.3. The molecular weight excluding hydrogens is 296 g/mol. The normalized spacial score (nSPS) is 24.1. The largest absolute Gasteiger partial charge is 0.488 e. The Morgan fingerprint density at radius 3 is 2.52 bits per heavy atom. The molecule has 1 unspecified atom stereocenters. The summed E-state index contributed by atoms with van der Waals surface area (Å²) in [6, 6.07) is -0.303. The number of hydrogen-bond donors (Lipinski definition) is 3. The zero-order chi connectivity index (χ0) is 16.9. The number of carbonyl (C=O) groups excluding carboxylic acids is 2. The van der Waals surface area contributed by atoms with Gasteiger partial charge in [0.25, 0.3) is 5.91 Å². The molecule has 0 aromatic carbocycles. The first kappa shape index (κ1) is 17.8. The number of amides is 2. The summed E-state index contributed by atoms with van der Waals surface area (Å²) >= 11 is 0. The van der Waals surface area contributed by atoms with E-state index >= 15 is 0 Å². The van der Waals surface area contributed by atoms with Gasteiger partial charge in [0.05, 0.1) is 18.9 Å². The molecule has 3 N–H and O–H groups in total. The molecule has 1 saturated carbocycles. The van der Waals surface area contributed by atoms with Gasteiger partial charge in [0.1, 0.15) is 5.54 Å². The summed E-state index contributed by atoms with van der Waals surface area (Å²) in [6.07, 6.45) is 7.46. The Balaban J connectivity index is 2.07. The summed E-state index contributed by atoms with van der Waals surface area (Å²) < 4.78 is 5.26. The van der Waals surface area contributed by atoms with Crippen molar-refractivity contribution in [1.29, 1.82) is 0 Å². The lowest BCUT2D eigenvalue weighted by atomic mass is 9.80. The van der Waals surface area contributed by atoms with Crippen molar-refractivity contribution in [3.63, 3.8) is 0 Å². The number of rotatable bonds is 6. The van der Waals surface area contributed by atoms with Crippen molar-refractivity contribution in [3.05, 3.63) is 12.3 Å². The fraction of sp³-hybridized carbons (Fsp3) is 0.765. The summed E-state index contributed by atoms with van der Waals surface area (Å²) in [7, 11) is 0. The molecule has 0 aromatic heterocycles. The van der Waals surface area contributed by atoms with Crippen LogP contribution in [0.15, 0.2) is 12.3 Å². The van der Waals surface area contributed by atoms with Crippen LogP contribution in [-0.2, 0) is 14.3 Å². The molecule has 0 radical (unpaired) electrons. The second-order valence-corrected chi connectivity index (χ2v) is 6.87. The van der Waals surface area contributed by atoms with Crippen LogP contribution in [-0.4, -0.2) is 41.2 Å². The van der Waals surface area contributed by atoms with Gasteiger partial charge in [-0.05, 0) is 24.8 Å². The van der Waals surface area contributed by atoms with Gasteiger partial charge in [-0.25, -0.2) is 0 Å². The van der Waals surface area contributed by atoms with Gasteiger partial charge in [0, 0.05) is 6.42 Å². The lowest BCUT2D eigenvalue weighted by molar-refractivity contribution is -0.139. The van der Waals surface area contributed by atoms with Crippen LogP contribution in [0.5, 0.6) is 0 Å². The van der Waals surface area contributed by atoms with Crippen LogP contribution < -0.4 is 10.6 Å². The number of hydrogen-bond acceptors (Lipinski definition) is 4. The summed E-state index contributed by atoms with van der Waals surface area (Å²) in [6.45, 7) is 3.79. The summed E-state index contributed by atoms with van der Waals surface area (Å²) in [4.78, 5) is 25.3. The molecule has 2 atom stereocenters. The lowest BCUT2D eigenvalue weighted by Gasteiger charge is -2.38. The van der Waals surface area contributed by atoms with Crippen LogP contribution in [0.2, 0.25) is 0 Å². The zero-order valence-corrected chi connectivity index (χ0v) is 14.0. The van der Waals surface area contributed by atoms with Gasteiger partial charge in [-0.15, -0.1) is 0 Å². The van der Waals surface area contributed by atoms with E-state index in [0.29, 0.717) is 19.3 Å². The van der Waals surface area contributed by atoms with Crippen molar-refractivity contribution < 1.29 is 19.4 Å². The topological polar surface area (TPSA) is 87.7 Å². The van der Waals surface area contributed by atoms with E-state index in [0.717, 1.165) is 19.3 Å². The predicted molar refractivity (Wildman–Crippen MR) is 86.4 cm³/mol. The van der Waals surface area contributed by atoms with Gasteiger partial charge >= 0.3 is 0 Å². The maximum atomic E-state index is 12.9. The van der Waals surface area contributed by atoms with E-state index in [1.807, 2.05) is 13.8 Å². The van der Waals surface area contributed by atoms with E-state index < -0.39 is 11.6 Å². The SMILES string of the molecule is CC(C)[C@@H](CO)NC(=O)C1(NC(=O)C2CC=CO2)CCCCC1. The molecule has 2 rings (SSSR count). The highest BCUT2D eigenvalue weighted by atomic mass is 16.5. The van der Waals surface area contributed by atoms with Crippen molar-refractivity contribution in [1.82, 2.24) is 10.6 Å². The lowest BCUT2D eigenvalue weighted by Crippen LogP contribution is -2.63. The molecule has 6 nitrogen and oxygen atoms in total. The highest BCUT2D eigenvalue weighted by Gasteiger charge is 2.43. The van der Waals surface area contributed by atoms with Crippen molar-refractivity contribution in [3.8, 4) is 0 Å². The molecule has 1 aliphatic heterocycles. The van der Waals surface area contributed by atoms with Gasteiger partial charge in [0.15, 0.2) is 6.10 Å². The quantitative estimate of drug-likeness (QED) is 0.686. The minimum Gasteiger partial charge on any atom is -0.488 e. The van der Waals surface area contributed by atoms with Gasteiger partial charge in [0.2, 0.25) is 5.91 Å². The second-order valence-electron chi connectivity index (χ2n) is 6.87. The summed E-state index contributed by atoms with van der Waals surface area (Å²) in [5.74, 6) is -0.302. The molecular formula is C17H28N2O4. The van der Waals surface area contributed by atoms with Crippen LogP contribution in [0.3, 0.4) is 0 Å². The monoisotopic (exact) mass is 324 g/mol. The average Bonchev–Trinajstić information content (AvgIpc) is 3.07. The molecule has 0 bridgehead atoms. The third-order valence-electron chi connectivity index (χ3n) is 4.80. The predicted octanol–water partition coefficient (Wildman–Crippen LogP) is 1.24. The zero-order valence-electron chi connectivity index (χ0n) is 14.0. The van der Waals surface area contributed by atoms with Gasteiger partial charge in [-0.3, -0.25) is 9.59 Å². The smallest absolute Gasteiger partial charge is 0.262 e. The van der Waals surface area contributed by atoms with E-state index in [-0.39, 0.29) is 30.4 Å². The highest BCUT2D eigenvalue weighted by molar-refractivity contribution is 5.93. The van der Waals surface area contributed by atoms with Crippen molar-refractivity contribution in [2.45, 2.75) is 70.1 Å². The third kappa shape index (κ3) is 4.25. The van der Waals surface area contributed by atoms with Crippen LogP contribution >= 0.6 is 0 Å². The number of aliphatic hydroxyl groups excluding tert-OH is 1. The van der Waals surface area contributed by atoms with Crippen molar-refractivity contribution in [2.24, 2.45) is 5.92 Å². The maximum absolute atomic E-state index is 12.9. The molecule has 23 heavy (non-hydrogen) atoms. The minimum absolute atomic E-state index is 0.108. The van der Waals surface area contributed by atoms with Crippen LogP contribution in [0.1, 0.15) is 52.4 Å². The first-order chi connectivity index (χ1) is 11.0. The Kier molecular flexibility index (Phi) is 6.04. The third-order valence-corrected chi connectivity index (χ3v) is 4.80. The number of aliphatic hydroxyl groups is 1. The molecule has 1 heterocycles. The number of carbonyl (C=O) groups is 2. The van der Waals surface area contributed by atoms with Gasteiger partial charge < -0.3 is 20.5 Å². The van der Waals surface area contributed by atoms with E-state index in [4.69, 9.17) is 4.74 Å². The first-order valence-corrected chi connectivity index (χ1v) is 8.53. The fourth-order valence-electron chi connectivity index (χ4n) is 3.16. The van der Waals surface area contributed by atoms with Crippen LogP contribution in [0.25, 0.3) is 0 Å². The Hall–Kier alpha value is -1.56. The van der Waals surface area contributed by atoms with Gasteiger partial charge in [-0.1, -0.05) is 33.1 Å². The van der Waals surface area contributed by atoms with E-state index in [1.54, 1.807) is 6.08 Å². The molecule has 130 valence electrons. The Morgan fingerprint density at radius 2 is 2.00 bits per heavy atom. The number of nitrogens with one attached hydrogen (secondary N) is 2. The van der Waals surface area contributed by atoms with Crippen molar-refractivity contribution >= 4 is 11.8 Å². The highest BCUT2D eigenvalue weighted by Crippen LogP contribution is 2.29. The van der Waals surface area contributed by atoms with E-state index in [9.17, 15) is 14.7 Å². The van der Waals surface area contributed by atoms with Gasteiger partial charge in [-0.2, -0.15) is 0 Å². The molecule has 0 aromatic rings. The number of ether oxygens (including phenoxy) is 1. The Labute approximate surface area is 137 Å². The molecule has 1 aliphatic carbocycles. The van der Waals surface area contributed by atoms with Crippen LogP contribution in [0, 0.1) is 5.92 Å². The second kappa shape index (κ2) is 7.81. The summed E-state index contributed by atoms with van der Waals surface area (Å²) in [5.41, 5.74) is -0.885. The molecule has 2 aliphatic rings.